The zero-order chi connectivity index (χ0) is 16.3. The van der Waals surface area contributed by atoms with Crippen LogP contribution in [-0.4, -0.2) is 13.2 Å². The molecule has 0 spiro atoms. The lowest BCUT2D eigenvalue weighted by Gasteiger charge is -2.14. The monoisotopic (exact) mass is 313 g/mol. The Hall–Kier alpha value is -2.00. The molecule has 0 heterocycles. The fourth-order valence-corrected chi connectivity index (χ4v) is 2.32. The van der Waals surface area contributed by atoms with Crippen LogP contribution < -0.4 is 14.8 Å². The second-order valence-corrected chi connectivity index (χ2v) is 5.52. The van der Waals surface area contributed by atoms with Gasteiger partial charge in [-0.05, 0) is 43.1 Å². The highest BCUT2D eigenvalue weighted by Crippen LogP contribution is 2.29. The Bertz CT molecular complexity index is 569. The number of hydrogen-bond donors (Lipinski definition) is 1. The zero-order valence-electron chi connectivity index (χ0n) is 14.2. The molecule has 0 aliphatic heterocycles. The lowest BCUT2D eigenvalue weighted by molar-refractivity contribution is 0.269. The highest BCUT2D eigenvalue weighted by molar-refractivity contribution is 5.43. The Morgan fingerprint density at radius 1 is 0.870 bits per heavy atom. The highest BCUT2D eigenvalue weighted by atomic mass is 16.5. The lowest BCUT2D eigenvalue weighted by Crippen LogP contribution is -2.14. The maximum absolute atomic E-state index is 5.93. The van der Waals surface area contributed by atoms with E-state index in [0.29, 0.717) is 13.2 Å². The molecule has 0 bridgehead atoms. The average molecular weight is 313 g/mol. The third-order valence-corrected chi connectivity index (χ3v) is 3.58. The summed E-state index contributed by atoms with van der Waals surface area (Å²) < 4.78 is 11.7. The molecule has 0 fully saturated rings. The van der Waals surface area contributed by atoms with Crippen LogP contribution in [0.2, 0.25) is 0 Å². The van der Waals surface area contributed by atoms with Crippen molar-refractivity contribution in [1.29, 1.82) is 0 Å². The van der Waals surface area contributed by atoms with Gasteiger partial charge in [0.2, 0.25) is 0 Å². The first-order valence-electron chi connectivity index (χ1n) is 8.46. The van der Waals surface area contributed by atoms with Crippen molar-refractivity contribution < 1.29 is 9.47 Å². The summed E-state index contributed by atoms with van der Waals surface area (Å²) >= 11 is 0. The van der Waals surface area contributed by atoms with E-state index in [-0.39, 0.29) is 0 Å². The van der Waals surface area contributed by atoms with Gasteiger partial charge in [-0.3, -0.25) is 0 Å². The molecule has 0 atom stereocenters. The van der Waals surface area contributed by atoms with Crippen LogP contribution in [0.15, 0.2) is 48.5 Å². The SMILES string of the molecule is CCCCNCc1ccc(OCc2ccccc2)c(OCC)c1. The molecule has 0 radical (unpaired) electrons. The van der Waals surface area contributed by atoms with Crippen molar-refractivity contribution in [3.05, 3.63) is 59.7 Å². The largest absolute Gasteiger partial charge is 0.490 e. The molecule has 0 saturated heterocycles. The summed E-state index contributed by atoms with van der Waals surface area (Å²) in [4.78, 5) is 0. The van der Waals surface area contributed by atoms with E-state index in [1.165, 1.54) is 18.4 Å². The molecule has 1 N–H and O–H groups in total. The smallest absolute Gasteiger partial charge is 0.161 e. The average Bonchev–Trinajstić information content (AvgIpc) is 2.59. The number of benzene rings is 2. The minimum atomic E-state index is 0.551. The summed E-state index contributed by atoms with van der Waals surface area (Å²) in [6.45, 7) is 7.29. The number of unbranched alkanes of at least 4 members (excludes halogenated alkanes) is 1. The summed E-state index contributed by atoms with van der Waals surface area (Å²) in [5.74, 6) is 1.62. The molecule has 0 aromatic heterocycles. The van der Waals surface area contributed by atoms with Gasteiger partial charge in [-0.25, -0.2) is 0 Å². The van der Waals surface area contributed by atoms with Gasteiger partial charge >= 0.3 is 0 Å². The second-order valence-electron chi connectivity index (χ2n) is 5.52. The number of rotatable bonds is 10. The van der Waals surface area contributed by atoms with Crippen LogP contribution in [0, 0.1) is 0 Å². The molecule has 0 aliphatic rings. The van der Waals surface area contributed by atoms with Crippen LogP contribution in [0.1, 0.15) is 37.8 Å². The maximum atomic E-state index is 5.93. The molecule has 0 unspecified atom stereocenters. The van der Waals surface area contributed by atoms with Crippen molar-refractivity contribution in [3.63, 3.8) is 0 Å². The predicted molar refractivity (Wildman–Crippen MR) is 95.0 cm³/mol. The molecule has 124 valence electrons. The number of hydrogen-bond acceptors (Lipinski definition) is 3. The van der Waals surface area contributed by atoms with Crippen LogP contribution in [0.3, 0.4) is 0 Å². The fourth-order valence-electron chi connectivity index (χ4n) is 2.32. The number of nitrogens with one attached hydrogen (secondary N) is 1. The van der Waals surface area contributed by atoms with E-state index in [4.69, 9.17) is 9.47 Å². The van der Waals surface area contributed by atoms with E-state index in [1.54, 1.807) is 0 Å². The molecular weight excluding hydrogens is 286 g/mol. The zero-order valence-corrected chi connectivity index (χ0v) is 14.2. The van der Waals surface area contributed by atoms with Crippen molar-refractivity contribution >= 4 is 0 Å². The minimum absolute atomic E-state index is 0.551. The summed E-state index contributed by atoms with van der Waals surface area (Å²) in [5.41, 5.74) is 2.37. The van der Waals surface area contributed by atoms with Crippen LogP contribution >= 0.6 is 0 Å². The van der Waals surface area contributed by atoms with Crippen LogP contribution in [-0.2, 0) is 13.2 Å². The van der Waals surface area contributed by atoms with E-state index in [2.05, 4.69) is 36.5 Å². The Labute approximate surface area is 139 Å². The van der Waals surface area contributed by atoms with Gasteiger partial charge in [-0.15, -0.1) is 0 Å². The van der Waals surface area contributed by atoms with Crippen molar-refractivity contribution in [2.24, 2.45) is 0 Å². The van der Waals surface area contributed by atoms with Crippen molar-refractivity contribution in [3.8, 4) is 11.5 Å². The van der Waals surface area contributed by atoms with Gasteiger partial charge in [-0.2, -0.15) is 0 Å². The predicted octanol–water partition coefficient (Wildman–Crippen LogP) is 4.55. The quantitative estimate of drug-likeness (QED) is 0.653. The van der Waals surface area contributed by atoms with Crippen molar-refractivity contribution in [1.82, 2.24) is 5.32 Å². The molecule has 23 heavy (non-hydrogen) atoms. The minimum Gasteiger partial charge on any atom is -0.490 e. The van der Waals surface area contributed by atoms with E-state index in [0.717, 1.165) is 30.2 Å². The summed E-state index contributed by atoms with van der Waals surface area (Å²) in [5, 5.41) is 3.45. The van der Waals surface area contributed by atoms with Crippen molar-refractivity contribution in [2.75, 3.05) is 13.2 Å². The normalized spacial score (nSPS) is 10.5. The molecule has 3 nitrogen and oxygen atoms in total. The van der Waals surface area contributed by atoms with Gasteiger partial charge in [0.1, 0.15) is 6.61 Å². The van der Waals surface area contributed by atoms with Crippen LogP contribution in [0.25, 0.3) is 0 Å². The van der Waals surface area contributed by atoms with Crippen LogP contribution in [0.5, 0.6) is 11.5 Å². The summed E-state index contributed by atoms with van der Waals surface area (Å²) in [6.07, 6.45) is 2.42. The molecule has 0 aliphatic carbocycles. The highest BCUT2D eigenvalue weighted by Gasteiger charge is 2.07. The maximum Gasteiger partial charge on any atom is 0.161 e. The Balaban J connectivity index is 1.97. The van der Waals surface area contributed by atoms with Gasteiger partial charge in [0, 0.05) is 6.54 Å². The first-order valence-corrected chi connectivity index (χ1v) is 8.46. The Morgan fingerprint density at radius 2 is 1.70 bits per heavy atom. The molecule has 2 rings (SSSR count). The third-order valence-electron chi connectivity index (χ3n) is 3.58. The van der Waals surface area contributed by atoms with E-state index in [1.807, 2.05) is 31.2 Å². The molecule has 0 saturated carbocycles. The van der Waals surface area contributed by atoms with Gasteiger partial charge in [0.05, 0.1) is 6.61 Å². The number of ether oxygens (including phenoxy) is 2. The molecule has 2 aromatic rings. The van der Waals surface area contributed by atoms with Gasteiger partial charge in [0.15, 0.2) is 11.5 Å². The first kappa shape index (κ1) is 17.4. The Morgan fingerprint density at radius 3 is 2.43 bits per heavy atom. The summed E-state index contributed by atoms with van der Waals surface area (Å²) in [7, 11) is 0. The van der Waals surface area contributed by atoms with E-state index >= 15 is 0 Å². The van der Waals surface area contributed by atoms with Crippen molar-refractivity contribution in [2.45, 2.75) is 39.8 Å². The van der Waals surface area contributed by atoms with Crippen LogP contribution in [0.4, 0.5) is 0 Å². The summed E-state index contributed by atoms with van der Waals surface area (Å²) in [6, 6.07) is 16.4. The lowest BCUT2D eigenvalue weighted by atomic mass is 10.2. The topological polar surface area (TPSA) is 30.5 Å². The second kappa shape index (κ2) is 9.90. The molecule has 2 aromatic carbocycles. The van der Waals surface area contributed by atoms with Gasteiger partial charge < -0.3 is 14.8 Å². The van der Waals surface area contributed by atoms with Gasteiger partial charge in [0.25, 0.3) is 0 Å². The fraction of sp³-hybridized carbons (Fsp3) is 0.400. The first-order chi connectivity index (χ1) is 11.3. The van der Waals surface area contributed by atoms with E-state index < -0.39 is 0 Å². The molecular formula is C20H27NO2. The van der Waals surface area contributed by atoms with Gasteiger partial charge in [-0.1, -0.05) is 49.7 Å². The third kappa shape index (κ3) is 5.95. The molecule has 0 amide bonds. The van der Waals surface area contributed by atoms with E-state index in [9.17, 15) is 0 Å². The Kier molecular flexibility index (Phi) is 7.47. The standard InChI is InChI=1S/C20H27NO2/c1-3-5-13-21-15-18-11-12-19(20(14-18)22-4-2)23-16-17-9-7-6-8-10-17/h6-12,14,21H,3-5,13,15-16H2,1-2H3. The molecule has 3 heteroatoms.